The van der Waals surface area contributed by atoms with Gasteiger partial charge in [-0.25, -0.2) is 5.43 Å². The fraction of sp³-hybridized carbons (Fsp3) is 0.600. The molecule has 7 nitrogen and oxygen atoms in total. The Bertz CT molecular complexity index is 450. The highest BCUT2D eigenvalue weighted by Crippen LogP contribution is 2.36. The third-order valence-corrected chi connectivity index (χ3v) is 3.43. The summed E-state index contributed by atoms with van der Waals surface area (Å²) in [5, 5.41) is 6.47. The van der Waals surface area contributed by atoms with Gasteiger partial charge in [0.05, 0.1) is 6.42 Å². The van der Waals surface area contributed by atoms with Crippen molar-refractivity contribution in [1.29, 1.82) is 0 Å². The monoisotopic (exact) mass is 236 g/mol. The molecular formula is C10H12N4O3. The predicted molar refractivity (Wildman–Crippen MR) is 56.8 cm³/mol. The average molecular weight is 236 g/mol. The van der Waals surface area contributed by atoms with Gasteiger partial charge in [-0.1, -0.05) is 0 Å². The number of hydrazone groups is 1. The van der Waals surface area contributed by atoms with Gasteiger partial charge >= 0.3 is 0 Å². The predicted octanol–water partition coefficient (Wildman–Crippen LogP) is -1.79. The van der Waals surface area contributed by atoms with Crippen LogP contribution in [0.1, 0.15) is 12.8 Å². The molecule has 7 heteroatoms. The smallest absolute Gasteiger partial charge is 0.270 e. The highest BCUT2D eigenvalue weighted by Gasteiger charge is 2.50. The van der Waals surface area contributed by atoms with E-state index in [1.54, 1.807) is 4.90 Å². The van der Waals surface area contributed by atoms with Crippen LogP contribution in [-0.4, -0.2) is 48.0 Å². The summed E-state index contributed by atoms with van der Waals surface area (Å²) >= 11 is 0. The van der Waals surface area contributed by atoms with Crippen molar-refractivity contribution in [3.05, 3.63) is 0 Å². The van der Waals surface area contributed by atoms with E-state index >= 15 is 0 Å². The zero-order valence-electron chi connectivity index (χ0n) is 9.15. The Kier molecular flexibility index (Phi) is 1.98. The highest BCUT2D eigenvalue weighted by atomic mass is 16.2. The van der Waals surface area contributed by atoms with Gasteiger partial charge in [0.15, 0.2) is 0 Å². The molecule has 17 heavy (non-hydrogen) atoms. The number of nitrogens with one attached hydrogen (secondary N) is 2. The van der Waals surface area contributed by atoms with Crippen LogP contribution in [-0.2, 0) is 14.4 Å². The quantitative estimate of drug-likeness (QED) is 0.563. The van der Waals surface area contributed by atoms with Gasteiger partial charge in [-0.3, -0.25) is 14.4 Å². The maximum atomic E-state index is 11.9. The second-order valence-electron chi connectivity index (χ2n) is 4.88. The number of hydrogen-bond donors (Lipinski definition) is 2. The van der Waals surface area contributed by atoms with Crippen LogP contribution in [0.15, 0.2) is 5.10 Å². The van der Waals surface area contributed by atoms with Crippen LogP contribution in [0.3, 0.4) is 0 Å². The molecule has 2 saturated heterocycles. The second-order valence-corrected chi connectivity index (χ2v) is 4.88. The summed E-state index contributed by atoms with van der Waals surface area (Å²) in [6.45, 7) is 1.77. The van der Waals surface area contributed by atoms with Crippen LogP contribution in [0.4, 0.5) is 0 Å². The van der Waals surface area contributed by atoms with Gasteiger partial charge in [0.1, 0.15) is 5.71 Å². The van der Waals surface area contributed by atoms with E-state index in [2.05, 4.69) is 15.8 Å². The van der Waals surface area contributed by atoms with Gasteiger partial charge in [-0.05, 0) is 0 Å². The van der Waals surface area contributed by atoms with Crippen molar-refractivity contribution in [2.24, 2.45) is 10.5 Å². The maximum Gasteiger partial charge on any atom is 0.270 e. The van der Waals surface area contributed by atoms with Gasteiger partial charge < -0.3 is 10.2 Å². The van der Waals surface area contributed by atoms with Crippen LogP contribution in [0.25, 0.3) is 0 Å². The van der Waals surface area contributed by atoms with Crippen molar-refractivity contribution in [1.82, 2.24) is 15.6 Å². The molecule has 3 heterocycles. The Labute approximate surface area is 97.2 Å². The molecule has 0 atom stereocenters. The summed E-state index contributed by atoms with van der Waals surface area (Å²) in [5.41, 5.74) is 2.44. The summed E-state index contributed by atoms with van der Waals surface area (Å²) in [7, 11) is 0. The number of amides is 3. The first-order valence-corrected chi connectivity index (χ1v) is 5.49. The number of hydrogen-bond acceptors (Lipinski definition) is 4. The van der Waals surface area contributed by atoms with Crippen molar-refractivity contribution in [3.8, 4) is 0 Å². The van der Waals surface area contributed by atoms with Gasteiger partial charge in [0.2, 0.25) is 11.8 Å². The highest BCUT2D eigenvalue weighted by molar-refractivity contribution is 6.43. The maximum absolute atomic E-state index is 11.9. The van der Waals surface area contributed by atoms with Crippen LogP contribution in [0.5, 0.6) is 0 Å². The lowest BCUT2D eigenvalue weighted by Crippen LogP contribution is -2.60. The number of carbonyl (C=O) groups excluding carboxylic acids is 3. The first-order valence-electron chi connectivity index (χ1n) is 5.49. The molecule has 0 radical (unpaired) electrons. The topological polar surface area (TPSA) is 90.9 Å². The first kappa shape index (κ1) is 10.2. The summed E-state index contributed by atoms with van der Waals surface area (Å²) in [6.07, 6.45) is 0.542. The lowest BCUT2D eigenvalue weighted by atomic mass is 9.78. The van der Waals surface area contributed by atoms with E-state index in [0.29, 0.717) is 26.1 Å². The fourth-order valence-corrected chi connectivity index (χ4v) is 2.55. The van der Waals surface area contributed by atoms with E-state index in [-0.39, 0.29) is 35.3 Å². The molecule has 2 fully saturated rings. The van der Waals surface area contributed by atoms with Crippen molar-refractivity contribution in [2.75, 3.05) is 19.6 Å². The SMILES string of the molecule is O=C1CC2(CN1)CN(C(=O)C1=NNC(=O)C1)C2. The molecule has 0 bridgehead atoms. The average Bonchev–Trinajstić information content (AvgIpc) is 2.81. The van der Waals surface area contributed by atoms with Gasteiger partial charge in [0.25, 0.3) is 5.91 Å². The van der Waals surface area contributed by atoms with Crippen LogP contribution >= 0.6 is 0 Å². The molecule has 0 aromatic carbocycles. The van der Waals surface area contributed by atoms with E-state index in [1.165, 1.54) is 0 Å². The Hall–Kier alpha value is -1.92. The van der Waals surface area contributed by atoms with Crippen molar-refractivity contribution < 1.29 is 14.4 Å². The lowest BCUT2D eigenvalue weighted by molar-refractivity contribution is -0.136. The van der Waals surface area contributed by atoms with Crippen LogP contribution in [0, 0.1) is 5.41 Å². The van der Waals surface area contributed by atoms with Crippen molar-refractivity contribution in [3.63, 3.8) is 0 Å². The number of rotatable bonds is 1. The van der Waals surface area contributed by atoms with Crippen molar-refractivity contribution >= 4 is 23.4 Å². The molecule has 0 aromatic heterocycles. The normalized spacial score (nSPS) is 25.4. The van der Waals surface area contributed by atoms with E-state index in [1.807, 2.05) is 0 Å². The molecule has 0 aromatic rings. The molecule has 3 rings (SSSR count). The Morgan fingerprint density at radius 1 is 1.29 bits per heavy atom. The Balaban J connectivity index is 1.61. The minimum Gasteiger partial charge on any atom is -0.355 e. The number of likely N-dealkylation sites (tertiary alicyclic amines) is 1. The molecule has 90 valence electrons. The van der Waals surface area contributed by atoms with Gasteiger partial charge in [-0.2, -0.15) is 5.10 Å². The molecule has 3 aliphatic rings. The van der Waals surface area contributed by atoms with E-state index < -0.39 is 0 Å². The fourth-order valence-electron chi connectivity index (χ4n) is 2.55. The zero-order chi connectivity index (χ0) is 12.0. The summed E-state index contributed by atoms with van der Waals surface area (Å²) in [6, 6.07) is 0. The Morgan fingerprint density at radius 2 is 2.06 bits per heavy atom. The van der Waals surface area contributed by atoms with Crippen LogP contribution < -0.4 is 10.7 Å². The van der Waals surface area contributed by atoms with E-state index in [0.717, 1.165) is 0 Å². The molecule has 0 saturated carbocycles. The summed E-state index contributed by atoms with van der Waals surface area (Å²) < 4.78 is 0. The van der Waals surface area contributed by atoms with E-state index in [4.69, 9.17) is 0 Å². The first-order chi connectivity index (χ1) is 8.08. The third kappa shape index (κ3) is 1.58. The lowest BCUT2D eigenvalue weighted by Gasteiger charge is -2.46. The number of nitrogens with zero attached hydrogens (tertiary/aromatic N) is 2. The third-order valence-electron chi connectivity index (χ3n) is 3.43. The molecule has 1 spiro atoms. The molecule has 0 aliphatic carbocycles. The summed E-state index contributed by atoms with van der Waals surface area (Å²) in [5.74, 6) is -0.401. The molecule has 0 unspecified atom stereocenters. The van der Waals surface area contributed by atoms with E-state index in [9.17, 15) is 14.4 Å². The minimum atomic E-state index is -0.249. The zero-order valence-corrected chi connectivity index (χ0v) is 9.15. The molecule has 3 amide bonds. The molecule has 2 N–H and O–H groups in total. The van der Waals surface area contributed by atoms with Gasteiger partial charge in [-0.15, -0.1) is 0 Å². The molecule has 3 aliphatic heterocycles. The van der Waals surface area contributed by atoms with Crippen molar-refractivity contribution in [2.45, 2.75) is 12.8 Å². The summed E-state index contributed by atoms with van der Waals surface area (Å²) in [4.78, 5) is 35.6. The van der Waals surface area contributed by atoms with Crippen LogP contribution in [0.2, 0.25) is 0 Å². The van der Waals surface area contributed by atoms with Gasteiger partial charge in [0, 0.05) is 31.5 Å². The largest absolute Gasteiger partial charge is 0.355 e. The number of carbonyl (C=O) groups is 3. The molecular weight excluding hydrogens is 224 g/mol. The Morgan fingerprint density at radius 3 is 2.59 bits per heavy atom. The standard InChI is InChI=1S/C10H12N4O3/c15-7-1-6(12-13-7)9(17)14-4-10(5-14)2-8(16)11-3-10/h1-5H2,(H,11,16)(H,13,15). The minimum absolute atomic E-state index is 0.0483. The second kappa shape index (κ2) is 3.28.